The van der Waals surface area contributed by atoms with Gasteiger partial charge in [-0.2, -0.15) is 0 Å². The number of nitrogens with zero attached hydrogens (tertiary/aromatic N) is 2. The Morgan fingerprint density at radius 3 is 2.35 bits per heavy atom. The van der Waals surface area contributed by atoms with E-state index < -0.39 is 34.3 Å². The van der Waals surface area contributed by atoms with E-state index in [9.17, 15) is 29.4 Å². The largest absolute Gasteiger partial charge is 0.507 e. The van der Waals surface area contributed by atoms with E-state index in [0.717, 1.165) is 6.08 Å². The highest BCUT2D eigenvalue weighted by atomic mass is 16.5. The van der Waals surface area contributed by atoms with Crippen molar-refractivity contribution in [2.24, 2.45) is 0 Å². The van der Waals surface area contributed by atoms with Gasteiger partial charge in [-0.3, -0.25) is 23.7 Å². The molecule has 2 heterocycles. The lowest BCUT2D eigenvalue weighted by Crippen LogP contribution is -2.41. The van der Waals surface area contributed by atoms with Crippen molar-refractivity contribution in [1.29, 1.82) is 0 Å². The second kappa shape index (κ2) is 10.3. The summed E-state index contributed by atoms with van der Waals surface area (Å²) in [6, 6.07) is 3.20. The van der Waals surface area contributed by atoms with Crippen molar-refractivity contribution in [2.75, 3.05) is 20.8 Å². The number of aromatic nitrogens is 2. The smallest absolute Gasteiger partial charge is 0.261 e. The molecular weight excluding hydrogens is 558 g/mol. The molecule has 0 bridgehead atoms. The number of allylic oxidation sites excluding steroid dienone is 4. The number of ketones is 3. The Hall–Kier alpha value is -5.13. The van der Waals surface area contributed by atoms with Crippen LogP contribution < -0.4 is 25.1 Å². The molecule has 5 rings (SSSR count). The van der Waals surface area contributed by atoms with Gasteiger partial charge >= 0.3 is 0 Å². The van der Waals surface area contributed by atoms with E-state index in [-0.39, 0.29) is 58.1 Å². The van der Waals surface area contributed by atoms with Crippen molar-refractivity contribution in [3.63, 3.8) is 0 Å². The maximum Gasteiger partial charge on any atom is 0.261 e. The van der Waals surface area contributed by atoms with Crippen LogP contribution in [0.4, 0.5) is 0 Å². The number of methoxy groups -OCH3 is 2. The van der Waals surface area contributed by atoms with Gasteiger partial charge in [-0.25, -0.2) is 4.98 Å². The quantitative estimate of drug-likeness (QED) is 0.211. The molecular formula is C31H31N3O9. The fourth-order valence-electron chi connectivity index (χ4n) is 5.73. The molecule has 1 atom stereocenters. The molecule has 1 aromatic heterocycles. The van der Waals surface area contributed by atoms with Crippen LogP contribution in [0.2, 0.25) is 0 Å². The van der Waals surface area contributed by atoms with Crippen LogP contribution in [-0.2, 0) is 21.5 Å². The highest BCUT2D eigenvalue weighted by Gasteiger charge is 2.56. The zero-order valence-electron chi connectivity index (χ0n) is 24.8. The second-order valence-corrected chi connectivity index (χ2v) is 10.7. The Bertz CT molecular complexity index is 1900. The lowest BCUT2D eigenvalue weighted by molar-refractivity contribution is -0.123. The van der Waals surface area contributed by atoms with Gasteiger partial charge in [0, 0.05) is 36.5 Å². The summed E-state index contributed by atoms with van der Waals surface area (Å²) in [6.07, 6.45) is 1.15. The van der Waals surface area contributed by atoms with Crippen LogP contribution in [0.3, 0.4) is 0 Å². The molecule has 0 saturated heterocycles. The molecule has 0 unspecified atom stereocenters. The van der Waals surface area contributed by atoms with Crippen molar-refractivity contribution >= 4 is 28.3 Å². The van der Waals surface area contributed by atoms with Crippen LogP contribution in [0, 0.1) is 13.8 Å². The van der Waals surface area contributed by atoms with Gasteiger partial charge in [-0.05, 0) is 40.7 Å². The molecule has 224 valence electrons. The van der Waals surface area contributed by atoms with Crippen molar-refractivity contribution in [3.05, 3.63) is 68.1 Å². The number of benzene rings is 2. The summed E-state index contributed by atoms with van der Waals surface area (Å²) < 4.78 is 17.9. The normalized spacial score (nSPS) is 18.5. The predicted molar refractivity (Wildman–Crippen MR) is 155 cm³/mol. The first kappa shape index (κ1) is 29.4. The first-order chi connectivity index (χ1) is 20.3. The zero-order chi connectivity index (χ0) is 31.5. The number of nitrogens with one attached hydrogen (secondary N) is 1. The maximum absolute atomic E-state index is 14.0. The Morgan fingerprint density at radius 2 is 1.72 bits per heavy atom. The molecule has 12 heteroatoms. The summed E-state index contributed by atoms with van der Waals surface area (Å²) in [4.78, 5) is 57.4. The molecule has 0 radical (unpaired) electrons. The van der Waals surface area contributed by atoms with Gasteiger partial charge in [0.1, 0.15) is 39.8 Å². The van der Waals surface area contributed by atoms with Crippen LogP contribution in [0.1, 0.15) is 48.1 Å². The van der Waals surface area contributed by atoms with Gasteiger partial charge in [0.2, 0.25) is 0 Å². The number of carbonyl (C=O) groups is 3. The lowest BCUT2D eigenvalue weighted by atomic mass is 9.70. The summed E-state index contributed by atoms with van der Waals surface area (Å²) in [5.41, 5.74) is -1.51. The van der Waals surface area contributed by atoms with Gasteiger partial charge < -0.3 is 29.7 Å². The molecule has 0 amide bonds. The van der Waals surface area contributed by atoms with E-state index in [1.807, 2.05) is 0 Å². The molecule has 1 aliphatic heterocycles. The molecule has 0 fully saturated rings. The monoisotopic (exact) mass is 589 g/mol. The number of phenolic OH excluding ortho intramolecular Hbond substituents is 2. The van der Waals surface area contributed by atoms with Crippen molar-refractivity contribution in [2.45, 2.75) is 46.6 Å². The minimum absolute atomic E-state index is 0.0125. The fraction of sp³-hybridized carbons (Fsp3) is 0.323. The number of hydrogen-bond acceptors (Lipinski definition) is 11. The van der Waals surface area contributed by atoms with E-state index in [1.54, 1.807) is 26.0 Å². The molecule has 12 nitrogen and oxygen atoms in total. The van der Waals surface area contributed by atoms with E-state index in [4.69, 9.17) is 14.2 Å². The number of rotatable bonds is 7. The Balaban J connectivity index is 1.48. The van der Waals surface area contributed by atoms with E-state index in [0.29, 0.717) is 28.2 Å². The van der Waals surface area contributed by atoms with E-state index in [1.165, 1.54) is 39.6 Å². The van der Waals surface area contributed by atoms with Crippen molar-refractivity contribution in [3.8, 4) is 28.7 Å². The number of aryl methyl sites for hydroxylation is 1. The van der Waals surface area contributed by atoms with Gasteiger partial charge in [0.05, 0.1) is 36.3 Å². The minimum atomic E-state index is -1.62. The minimum Gasteiger partial charge on any atom is -0.507 e. The molecule has 0 spiro atoms. The van der Waals surface area contributed by atoms with Crippen LogP contribution >= 0.6 is 0 Å². The summed E-state index contributed by atoms with van der Waals surface area (Å²) >= 11 is 0. The first-order valence-corrected chi connectivity index (χ1v) is 13.4. The molecule has 0 saturated carbocycles. The Morgan fingerprint density at radius 1 is 1.07 bits per heavy atom. The average molecular weight is 590 g/mol. The Kier molecular flexibility index (Phi) is 7.03. The van der Waals surface area contributed by atoms with Gasteiger partial charge in [-0.15, -0.1) is 0 Å². The van der Waals surface area contributed by atoms with Gasteiger partial charge in [0.15, 0.2) is 28.8 Å². The highest BCUT2D eigenvalue weighted by Crippen LogP contribution is 2.57. The van der Waals surface area contributed by atoms with Crippen molar-refractivity contribution in [1.82, 2.24) is 14.9 Å². The number of phenols is 2. The summed E-state index contributed by atoms with van der Waals surface area (Å²) in [7, 11) is 2.97. The third kappa shape index (κ3) is 4.24. The van der Waals surface area contributed by atoms with E-state index >= 15 is 0 Å². The molecule has 43 heavy (non-hydrogen) atoms. The van der Waals surface area contributed by atoms with Gasteiger partial charge in [-0.1, -0.05) is 0 Å². The maximum atomic E-state index is 14.0. The molecule has 3 N–H and O–H groups in total. The number of hydrogen-bond donors (Lipinski definition) is 3. The summed E-state index contributed by atoms with van der Waals surface area (Å²) in [5.74, 6) is -1.55. The van der Waals surface area contributed by atoms with Crippen LogP contribution in [-0.4, -0.2) is 57.9 Å². The average Bonchev–Trinajstić information content (AvgIpc) is 3.25. The molecule has 3 aromatic rings. The van der Waals surface area contributed by atoms with Crippen LogP contribution in [0.25, 0.3) is 10.9 Å². The molecule has 2 aromatic carbocycles. The van der Waals surface area contributed by atoms with Crippen molar-refractivity contribution < 1.29 is 38.8 Å². The number of fused-ring (bicyclic) bond motifs is 4. The molecule has 2 aliphatic rings. The van der Waals surface area contributed by atoms with Crippen LogP contribution in [0.15, 0.2) is 40.0 Å². The number of aromatic hydroxyl groups is 2. The topological polar surface area (TPSA) is 166 Å². The predicted octanol–water partition coefficient (Wildman–Crippen LogP) is 2.89. The number of carbonyl (C=O) groups excluding carboxylic acids is 3. The number of Topliss-reactive ketones (excluding diaryl/α,β-unsaturated/α-hetero) is 2. The Labute approximate surface area is 246 Å². The summed E-state index contributed by atoms with van der Waals surface area (Å²) in [5, 5.41) is 24.9. The lowest BCUT2D eigenvalue weighted by Gasteiger charge is -2.29. The standard InChI is InChI=1S/C31H31N3O9/c1-13-26(37)24(15(3)35)28-25(27(13)38)31(5)22(43-28)12-19(36)23(29(31)39)14(2)32-8-9-34-16(4)33-18-11-21(42-7)20(41-6)10-17(18)30(34)40/h10-12,32,37-38H,8-9H2,1-7H3/t31-/m0/s1. The van der Waals surface area contributed by atoms with Gasteiger partial charge in [0.25, 0.3) is 5.56 Å². The number of ether oxygens (including phenoxy) is 3. The third-order valence-electron chi connectivity index (χ3n) is 8.14. The third-order valence-corrected chi connectivity index (χ3v) is 8.14. The SMILES string of the molecule is COc1cc2nc(C)n(CCNC(C)=C3C(=O)C=C4Oc5c(C(C)=O)c(O)c(C)c(O)c5[C@@]4(C)C3=O)c(=O)c2cc1OC. The zero-order valence-corrected chi connectivity index (χ0v) is 24.8. The van der Waals surface area contributed by atoms with E-state index in [2.05, 4.69) is 10.3 Å². The van der Waals surface area contributed by atoms with Crippen LogP contribution in [0.5, 0.6) is 28.7 Å². The fourth-order valence-corrected chi connectivity index (χ4v) is 5.73. The summed E-state index contributed by atoms with van der Waals surface area (Å²) in [6.45, 7) is 7.75. The first-order valence-electron chi connectivity index (χ1n) is 13.4. The molecule has 1 aliphatic carbocycles. The highest BCUT2D eigenvalue weighted by molar-refractivity contribution is 6.31. The second-order valence-electron chi connectivity index (χ2n) is 10.7.